The van der Waals surface area contributed by atoms with Crippen molar-refractivity contribution >= 4 is 27.8 Å². The van der Waals surface area contributed by atoms with E-state index >= 15 is 0 Å². The molecule has 0 fully saturated rings. The first kappa shape index (κ1) is 40.9. The van der Waals surface area contributed by atoms with Crippen molar-refractivity contribution < 1.29 is 0 Å². The average molecular weight is 868 g/mol. The fraction of sp³-hybridized carbons (Fsp3) is 0.0448. The Morgan fingerprint density at radius 1 is 0.279 bits per heavy atom. The van der Waals surface area contributed by atoms with Crippen LogP contribution < -0.4 is 4.90 Å². The summed E-state index contributed by atoms with van der Waals surface area (Å²) in [4.78, 5) is 2.46. The monoisotopic (exact) mass is 867 g/mol. The van der Waals surface area contributed by atoms with Gasteiger partial charge in [0.2, 0.25) is 0 Å². The van der Waals surface area contributed by atoms with Crippen LogP contribution in [0.5, 0.6) is 0 Å². The van der Waals surface area contributed by atoms with Crippen molar-refractivity contribution in [2.75, 3.05) is 4.90 Å². The molecule has 0 aromatic heterocycles. The fourth-order valence-corrected chi connectivity index (χ4v) is 10.8. The van der Waals surface area contributed by atoms with Crippen LogP contribution >= 0.6 is 0 Å². The highest BCUT2D eigenvalue weighted by atomic mass is 15.1. The smallest absolute Gasteiger partial charge is 0.0540 e. The predicted molar refractivity (Wildman–Crippen MR) is 289 cm³/mol. The molecular formula is C67H49N. The topological polar surface area (TPSA) is 3.24 Å². The third-order valence-corrected chi connectivity index (χ3v) is 14.1. The summed E-state index contributed by atoms with van der Waals surface area (Å²) in [6, 6.07) is 95.7. The molecule has 11 aromatic rings. The highest BCUT2D eigenvalue weighted by molar-refractivity contribution is 6.15. The van der Waals surface area contributed by atoms with Gasteiger partial charge in [-0.1, -0.05) is 238 Å². The first-order chi connectivity index (χ1) is 33.5. The number of rotatable bonds is 9. The lowest BCUT2D eigenvalue weighted by Gasteiger charge is -2.30. The normalized spacial score (nSPS) is 12.4. The van der Waals surface area contributed by atoms with Gasteiger partial charge in [-0.3, -0.25) is 0 Å². The van der Waals surface area contributed by atoms with Gasteiger partial charge in [-0.15, -0.1) is 0 Å². The van der Waals surface area contributed by atoms with Crippen LogP contribution in [0.4, 0.5) is 17.1 Å². The van der Waals surface area contributed by atoms with Gasteiger partial charge < -0.3 is 4.90 Å². The summed E-state index contributed by atoms with van der Waals surface area (Å²) in [5, 5.41) is 2.47. The molecule has 68 heavy (non-hydrogen) atoms. The number of nitrogens with zero attached hydrogens (tertiary/aromatic N) is 1. The summed E-state index contributed by atoms with van der Waals surface area (Å²) in [5.41, 5.74) is 22.9. The zero-order chi connectivity index (χ0) is 45.6. The molecule has 0 heterocycles. The molecule has 0 N–H and O–H groups in total. The third kappa shape index (κ3) is 7.12. The third-order valence-electron chi connectivity index (χ3n) is 14.1. The SMILES string of the molecule is CC1(C)c2ccc(-c3ccccc3)cc2-c2ccc(N(c3ccc(-c4c(-c5ccccc5)ccc5c(-c6ccccc6)ccc(-c6ccccc6)c45)cc3)c3ccccc3-c3ccccc3)cc21. The molecule has 1 aliphatic rings. The Morgan fingerprint density at radius 2 is 0.750 bits per heavy atom. The standard InChI is InChI=1S/C67H49N/c1-67(2)62-43-34-52(46-20-8-3-9-21-46)44-61(62)59-38-37-54(45-63(59)67)68(64-31-19-18-30-56(64)48-24-12-5-13-25-48)53-35-32-51(33-36-53)65-57(49-26-14-6-15-27-49)41-42-60-55(47-22-10-4-11-23-47)39-40-58(66(60)65)50-28-16-7-17-29-50/h3-45H,1-2H3. The molecule has 0 radical (unpaired) electrons. The molecule has 0 unspecified atom stereocenters. The van der Waals surface area contributed by atoms with Gasteiger partial charge in [0.15, 0.2) is 0 Å². The molecular weight excluding hydrogens is 819 g/mol. The van der Waals surface area contributed by atoms with E-state index in [0.717, 1.165) is 22.6 Å². The summed E-state index contributed by atoms with van der Waals surface area (Å²) in [6.07, 6.45) is 0. The number of fused-ring (bicyclic) bond motifs is 4. The molecule has 0 atom stereocenters. The van der Waals surface area contributed by atoms with E-state index < -0.39 is 0 Å². The van der Waals surface area contributed by atoms with E-state index in [2.05, 4.69) is 280 Å². The van der Waals surface area contributed by atoms with Crippen molar-refractivity contribution in [2.45, 2.75) is 19.3 Å². The molecule has 0 bridgehead atoms. The van der Waals surface area contributed by atoms with Crippen molar-refractivity contribution in [1.29, 1.82) is 0 Å². The molecule has 1 heteroatoms. The van der Waals surface area contributed by atoms with Crippen LogP contribution in [0.25, 0.3) is 88.7 Å². The summed E-state index contributed by atoms with van der Waals surface area (Å²) in [5.74, 6) is 0. The number of anilines is 3. The largest absolute Gasteiger partial charge is 0.310 e. The van der Waals surface area contributed by atoms with Crippen LogP contribution in [0.1, 0.15) is 25.0 Å². The Hall–Kier alpha value is -8.52. The van der Waals surface area contributed by atoms with Crippen molar-refractivity contribution in [3.63, 3.8) is 0 Å². The van der Waals surface area contributed by atoms with E-state index in [1.807, 2.05) is 0 Å². The maximum atomic E-state index is 2.46. The van der Waals surface area contributed by atoms with E-state index in [-0.39, 0.29) is 5.41 Å². The van der Waals surface area contributed by atoms with E-state index in [1.54, 1.807) is 0 Å². The first-order valence-electron chi connectivity index (χ1n) is 23.7. The first-order valence-corrected chi connectivity index (χ1v) is 23.7. The van der Waals surface area contributed by atoms with E-state index in [0.29, 0.717) is 0 Å². The Bertz CT molecular complexity index is 3600. The molecule has 0 amide bonds. The van der Waals surface area contributed by atoms with Gasteiger partial charge >= 0.3 is 0 Å². The van der Waals surface area contributed by atoms with Gasteiger partial charge in [-0.2, -0.15) is 0 Å². The molecule has 0 spiro atoms. The fourth-order valence-electron chi connectivity index (χ4n) is 10.8. The zero-order valence-corrected chi connectivity index (χ0v) is 38.3. The molecule has 11 aromatic carbocycles. The van der Waals surface area contributed by atoms with Crippen LogP contribution in [0.2, 0.25) is 0 Å². The van der Waals surface area contributed by atoms with Crippen molar-refractivity contribution in [2.24, 2.45) is 0 Å². The Labute approximate surface area is 399 Å². The van der Waals surface area contributed by atoms with Crippen molar-refractivity contribution in [3.05, 3.63) is 272 Å². The Kier molecular flexibility index (Phi) is 10.3. The van der Waals surface area contributed by atoms with E-state index in [1.165, 1.54) is 94.2 Å². The van der Waals surface area contributed by atoms with Gasteiger partial charge in [0.25, 0.3) is 0 Å². The lowest BCUT2D eigenvalue weighted by atomic mass is 9.82. The minimum absolute atomic E-state index is 0.193. The van der Waals surface area contributed by atoms with Crippen molar-refractivity contribution in [3.8, 4) is 77.9 Å². The number of para-hydroxylation sites is 1. The second-order valence-electron chi connectivity index (χ2n) is 18.4. The lowest BCUT2D eigenvalue weighted by Crippen LogP contribution is -2.17. The van der Waals surface area contributed by atoms with Crippen LogP contribution in [0.3, 0.4) is 0 Å². The van der Waals surface area contributed by atoms with Crippen LogP contribution in [0.15, 0.2) is 261 Å². The Balaban J connectivity index is 1.06. The van der Waals surface area contributed by atoms with Gasteiger partial charge in [-0.25, -0.2) is 0 Å². The minimum atomic E-state index is -0.193. The summed E-state index contributed by atoms with van der Waals surface area (Å²) in [7, 11) is 0. The molecule has 1 aliphatic carbocycles. The number of hydrogen-bond acceptors (Lipinski definition) is 1. The summed E-state index contributed by atoms with van der Waals surface area (Å²) in [6.45, 7) is 4.75. The van der Waals surface area contributed by atoms with Crippen molar-refractivity contribution in [1.82, 2.24) is 0 Å². The minimum Gasteiger partial charge on any atom is -0.310 e. The highest BCUT2D eigenvalue weighted by Gasteiger charge is 2.36. The van der Waals surface area contributed by atoms with Crippen LogP contribution in [-0.2, 0) is 5.41 Å². The quantitative estimate of drug-likeness (QED) is 0.140. The van der Waals surface area contributed by atoms with E-state index in [4.69, 9.17) is 0 Å². The molecule has 12 rings (SSSR count). The molecule has 1 nitrogen and oxygen atoms in total. The molecule has 0 aliphatic heterocycles. The Morgan fingerprint density at radius 3 is 1.38 bits per heavy atom. The predicted octanol–water partition coefficient (Wildman–Crippen LogP) is 18.6. The lowest BCUT2D eigenvalue weighted by molar-refractivity contribution is 0.660. The maximum absolute atomic E-state index is 2.46. The maximum Gasteiger partial charge on any atom is 0.0540 e. The second-order valence-corrected chi connectivity index (χ2v) is 18.4. The number of benzene rings is 11. The van der Waals surface area contributed by atoms with Crippen LogP contribution in [0, 0.1) is 0 Å². The summed E-state index contributed by atoms with van der Waals surface area (Å²) < 4.78 is 0. The average Bonchev–Trinajstić information content (AvgIpc) is 3.64. The van der Waals surface area contributed by atoms with Gasteiger partial charge in [-0.05, 0) is 131 Å². The van der Waals surface area contributed by atoms with E-state index in [9.17, 15) is 0 Å². The van der Waals surface area contributed by atoms with Gasteiger partial charge in [0.05, 0.1) is 5.69 Å². The molecule has 0 saturated carbocycles. The van der Waals surface area contributed by atoms with Gasteiger partial charge in [0, 0.05) is 22.4 Å². The summed E-state index contributed by atoms with van der Waals surface area (Å²) >= 11 is 0. The number of hydrogen-bond donors (Lipinski definition) is 0. The molecule has 322 valence electrons. The highest BCUT2D eigenvalue weighted by Crippen LogP contribution is 2.53. The molecule has 0 saturated heterocycles. The second kappa shape index (κ2) is 17.0. The zero-order valence-electron chi connectivity index (χ0n) is 38.3. The van der Waals surface area contributed by atoms with Gasteiger partial charge in [0.1, 0.15) is 0 Å². The van der Waals surface area contributed by atoms with Crippen LogP contribution in [-0.4, -0.2) is 0 Å².